The fourth-order valence-electron chi connectivity index (χ4n) is 3.02. The Morgan fingerprint density at radius 3 is 1.77 bits per heavy atom. The summed E-state index contributed by atoms with van der Waals surface area (Å²) in [4.78, 5) is 0. The molecule has 156 valence electrons. The first-order valence-corrected chi connectivity index (χ1v) is 9.39. The van der Waals surface area contributed by atoms with Crippen LogP contribution in [0.15, 0.2) is 48.5 Å². The van der Waals surface area contributed by atoms with Gasteiger partial charge in [-0.25, -0.2) is 26.3 Å². The third-order valence-corrected chi connectivity index (χ3v) is 4.88. The van der Waals surface area contributed by atoms with Gasteiger partial charge in [0.2, 0.25) is 0 Å². The first-order chi connectivity index (χ1) is 14.2. The van der Waals surface area contributed by atoms with Crippen molar-refractivity contribution in [1.29, 1.82) is 0 Å². The quantitative estimate of drug-likeness (QED) is 0.213. The van der Waals surface area contributed by atoms with Gasteiger partial charge in [-0.1, -0.05) is 49.2 Å². The first kappa shape index (κ1) is 22.0. The van der Waals surface area contributed by atoms with Crippen LogP contribution < -0.4 is 0 Å². The highest BCUT2D eigenvalue weighted by atomic mass is 35.5. The molecule has 0 nitrogen and oxygen atoms in total. The van der Waals surface area contributed by atoms with E-state index < -0.39 is 51.1 Å². The van der Waals surface area contributed by atoms with E-state index in [2.05, 4.69) is 0 Å². The van der Waals surface area contributed by atoms with Crippen molar-refractivity contribution in [3.8, 4) is 11.1 Å². The van der Waals surface area contributed by atoms with Crippen molar-refractivity contribution in [2.45, 2.75) is 19.8 Å². The smallest absolute Gasteiger partial charge is 0.172 e. The van der Waals surface area contributed by atoms with E-state index in [-0.39, 0.29) is 5.56 Å². The molecule has 3 aromatic rings. The molecule has 0 spiro atoms. The molecule has 0 fully saturated rings. The Bertz CT molecular complexity index is 1070. The van der Waals surface area contributed by atoms with E-state index in [4.69, 9.17) is 11.6 Å². The van der Waals surface area contributed by atoms with Crippen LogP contribution in [-0.4, -0.2) is 0 Å². The SMILES string of the molecule is CCCc1ccc(-c2cc(F)c(C(F)=C(F)c3cc(F)c(Cl)c(F)c3)c(F)c2)cc1. The fraction of sp³-hybridized carbons (Fsp3) is 0.130. The van der Waals surface area contributed by atoms with E-state index in [0.29, 0.717) is 17.7 Å². The molecule has 0 atom stereocenters. The zero-order chi connectivity index (χ0) is 22.0. The number of aryl methyl sites for hydroxylation is 1. The standard InChI is InChI=1S/C23H15ClF6/c1-2-3-12-4-6-13(7-5-12)14-8-16(25)20(17(26)9-14)23(30)22(29)15-10-18(27)21(24)19(28)11-15/h4-11H,2-3H2,1H3. The molecule has 0 saturated carbocycles. The van der Waals surface area contributed by atoms with Gasteiger partial charge in [0.05, 0.1) is 5.56 Å². The summed E-state index contributed by atoms with van der Waals surface area (Å²) in [5.41, 5.74) is -0.465. The summed E-state index contributed by atoms with van der Waals surface area (Å²) in [5.74, 6) is -9.12. The van der Waals surface area contributed by atoms with Crippen LogP contribution in [-0.2, 0) is 6.42 Å². The van der Waals surface area contributed by atoms with Crippen molar-refractivity contribution in [2.75, 3.05) is 0 Å². The normalized spacial score (nSPS) is 12.1. The highest BCUT2D eigenvalue weighted by molar-refractivity contribution is 6.30. The molecule has 0 unspecified atom stereocenters. The molecule has 0 amide bonds. The molecule has 0 radical (unpaired) electrons. The average Bonchev–Trinajstić information content (AvgIpc) is 2.71. The Morgan fingerprint density at radius 1 is 0.733 bits per heavy atom. The molecule has 0 bridgehead atoms. The maximum Gasteiger partial charge on any atom is 0.172 e. The van der Waals surface area contributed by atoms with Crippen LogP contribution in [0.1, 0.15) is 30.0 Å². The Hall–Kier alpha value is -2.73. The zero-order valence-corrected chi connectivity index (χ0v) is 16.4. The topological polar surface area (TPSA) is 0 Å². The molecule has 0 N–H and O–H groups in total. The van der Waals surface area contributed by atoms with Crippen molar-refractivity contribution in [3.63, 3.8) is 0 Å². The molecular formula is C23H15ClF6. The Kier molecular flexibility index (Phi) is 6.56. The second-order valence-corrected chi connectivity index (χ2v) is 7.02. The summed E-state index contributed by atoms with van der Waals surface area (Å²) in [6.45, 7) is 2.02. The van der Waals surface area contributed by atoms with Gasteiger partial charge in [-0.3, -0.25) is 0 Å². The minimum absolute atomic E-state index is 0.133. The van der Waals surface area contributed by atoms with Crippen LogP contribution in [0, 0.1) is 23.3 Å². The molecule has 3 rings (SSSR count). The number of benzene rings is 3. The maximum absolute atomic E-state index is 14.5. The Balaban J connectivity index is 2.03. The molecule has 7 heteroatoms. The van der Waals surface area contributed by atoms with Gasteiger partial charge in [-0.15, -0.1) is 0 Å². The molecule has 0 saturated heterocycles. The van der Waals surface area contributed by atoms with Crippen LogP contribution in [0.3, 0.4) is 0 Å². The highest BCUT2D eigenvalue weighted by Gasteiger charge is 2.22. The number of hydrogen-bond acceptors (Lipinski definition) is 0. The second-order valence-electron chi connectivity index (χ2n) is 6.64. The van der Waals surface area contributed by atoms with Crippen LogP contribution in [0.5, 0.6) is 0 Å². The van der Waals surface area contributed by atoms with Crippen molar-refractivity contribution >= 4 is 23.3 Å². The van der Waals surface area contributed by atoms with Crippen molar-refractivity contribution in [2.24, 2.45) is 0 Å². The number of halogens is 7. The molecule has 3 aromatic carbocycles. The third kappa shape index (κ3) is 4.38. The molecule has 0 aliphatic heterocycles. The van der Waals surface area contributed by atoms with Crippen LogP contribution >= 0.6 is 11.6 Å². The summed E-state index contributed by atoms with van der Waals surface area (Å²) in [6.07, 6.45) is 1.79. The van der Waals surface area contributed by atoms with Gasteiger partial charge >= 0.3 is 0 Å². The van der Waals surface area contributed by atoms with Crippen LogP contribution in [0.4, 0.5) is 26.3 Å². The predicted molar refractivity (Wildman–Crippen MR) is 106 cm³/mol. The highest BCUT2D eigenvalue weighted by Crippen LogP contribution is 2.35. The van der Waals surface area contributed by atoms with E-state index in [1.807, 2.05) is 19.1 Å². The monoisotopic (exact) mass is 440 g/mol. The average molecular weight is 441 g/mol. The van der Waals surface area contributed by atoms with E-state index in [1.165, 1.54) is 0 Å². The summed E-state index contributed by atoms with van der Waals surface area (Å²) in [7, 11) is 0. The second kappa shape index (κ2) is 8.96. The van der Waals surface area contributed by atoms with Gasteiger partial charge in [0.15, 0.2) is 11.7 Å². The van der Waals surface area contributed by atoms with Gasteiger partial charge in [-0.05, 0) is 47.4 Å². The van der Waals surface area contributed by atoms with E-state index >= 15 is 0 Å². The minimum atomic E-state index is -1.92. The fourth-order valence-corrected chi connectivity index (χ4v) is 3.13. The largest absolute Gasteiger partial charge is 0.206 e. The van der Waals surface area contributed by atoms with Gasteiger partial charge in [-0.2, -0.15) is 0 Å². The lowest BCUT2D eigenvalue weighted by atomic mass is 9.99. The van der Waals surface area contributed by atoms with Crippen molar-refractivity contribution in [1.82, 2.24) is 0 Å². The lowest BCUT2D eigenvalue weighted by Gasteiger charge is -2.09. The van der Waals surface area contributed by atoms with Gasteiger partial charge < -0.3 is 0 Å². The van der Waals surface area contributed by atoms with Gasteiger partial charge in [0, 0.05) is 5.56 Å². The molecule has 0 aliphatic rings. The summed E-state index contributed by atoms with van der Waals surface area (Å²) in [5, 5.41) is -0.904. The minimum Gasteiger partial charge on any atom is -0.206 e. The number of hydrogen-bond donors (Lipinski definition) is 0. The van der Waals surface area contributed by atoms with Crippen molar-refractivity contribution < 1.29 is 26.3 Å². The van der Waals surface area contributed by atoms with Crippen LogP contribution in [0.25, 0.3) is 22.8 Å². The first-order valence-electron chi connectivity index (χ1n) is 9.01. The molecule has 30 heavy (non-hydrogen) atoms. The van der Waals surface area contributed by atoms with E-state index in [1.54, 1.807) is 12.1 Å². The van der Waals surface area contributed by atoms with E-state index in [0.717, 1.165) is 30.5 Å². The van der Waals surface area contributed by atoms with Gasteiger partial charge in [0.25, 0.3) is 0 Å². The Labute approximate surface area is 174 Å². The summed E-state index contributed by atoms with van der Waals surface area (Å²) >= 11 is 5.30. The lowest BCUT2D eigenvalue weighted by molar-refractivity contribution is 0.563. The number of rotatable bonds is 5. The third-order valence-electron chi connectivity index (χ3n) is 4.52. The maximum atomic E-state index is 14.5. The summed E-state index contributed by atoms with van der Waals surface area (Å²) in [6, 6.07) is 9.56. The van der Waals surface area contributed by atoms with E-state index in [9.17, 15) is 26.3 Å². The summed E-state index contributed by atoms with van der Waals surface area (Å²) < 4.78 is 84.9. The molecule has 0 aliphatic carbocycles. The molecular weight excluding hydrogens is 426 g/mol. The predicted octanol–water partition coefficient (Wildman–Crippen LogP) is 8.28. The lowest BCUT2D eigenvalue weighted by Crippen LogP contribution is -1.97. The van der Waals surface area contributed by atoms with Crippen LogP contribution in [0.2, 0.25) is 5.02 Å². The van der Waals surface area contributed by atoms with Crippen molar-refractivity contribution in [3.05, 3.63) is 93.5 Å². The van der Waals surface area contributed by atoms with Gasteiger partial charge in [0.1, 0.15) is 28.3 Å². The Morgan fingerprint density at radius 2 is 1.27 bits per heavy atom. The molecule has 0 heterocycles. The zero-order valence-electron chi connectivity index (χ0n) is 15.7. The molecule has 0 aromatic heterocycles.